The predicted molar refractivity (Wildman–Crippen MR) is 111 cm³/mol. The van der Waals surface area contributed by atoms with Gasteiger partial charge in [-0.2, -0.15) is 0 Å². The molecule has 0 saturated heterocycles. The molecule has 0 aliphatic rings. The average molecular weight is 438 g/mol. The highest BCUT2D eigenvalue weighted by Crippen LogP contribution is 2.38. The van der Waals surface area contributed by atoms with E-state index in [4.69, 9.17) is 18.5 Å². The van der Waals surface area contributed by atoms with Crippen molar-refractivity contribution in [2.24, 2.45) is 0 Å². The van der Waals surface area contributed by atoms with Crippen LogP contribution in [-0.4, -0.2) is 70.7 Å². The standard InChI is InChI=1S/C20H40NO7P/c1-7-11-19(25-16-17-26-20(22)18(2)3)12-9-8-10-14-27-29(23,24)28-15-13-21(4,5)6/h19H,2,7-17H2,1,3-6H3. The zero-order valence-electron chi connectivity index (χ0n) is 18.8. The number of rotatable bonds is 18. The normalized spacial score (nSPS) is 15.0. The second-order valence-corrected chi connectivity index (χ2v) is 9.59. The Morgan fingerprint density at radius 2 is 1.69 bits per heavy atom. The number of phosphoric acid groups is 1. The van der Waals surface area contributed by atoms with Gasteiger partial charge in [0.2, 0.25) is 0 Å². The van der Waals surface area contributed by atoms with E-state index < -0.39 is 13.8 Å². The molecule has 172 valence electrons. The second kappa shape index (κ2) is 15.1. The van der Waals surface area contributed by atoms with Crippen molar-refractivity contribution in [2.45, 2.75) is 58.5 Å². The van der Waals surface area contributed by atoms with Gasteiger partial charge in [0, 0.05) is 5.57 Å². The number of esters is 1. The van der Waals surface area contributed by atoms with E-state index >= 15 is 0 Å². The van der Waals surface area contributed by atoms with Gasteiger partial charge in [-0.3, -0.25) is 4.57 Å². The molecule has 0 aliphatic carbocycles. The van der Waals surface area contributed by atoms with Gasteiger partial charge in [0.1, 0.15) is 19.8 Å². The van der Waals surface area contributed by atoms with Gasteiger partial charge in [-0.1, -0.05) is 32.8 Å². The molecule has 0 spiro atoms. The topological polar surface area (TPSA) is 94.1 Å². The average Bonchev–Trinajstić information content (AvgIpc) is 2.59. The lowest BCUT2D eigenvalue weighted by Gasteiger charge is -2.27. The molecule has 0 heterocycles. The summed E-state index contributed by atoms with van der Waals surface area (Å²) in [4.78, 5) is 23.0. The van der Waals surface area contributed by atoms with Crippen molar-refractivity contribution in [3.8, 4) is 0 Å². The van der Waals surface area contributed by atoms with Crippen LogP contribution in [-0.2, 0) is 27.9 Å². The first-order valence-electron chi connectivity index (χ1n) is 10.3. The lowest BCUT2D eigenvalue weighted by Crippen LogP contribution is -2.37. The number of likely N-dealkylation sites (N-methyl/N-ethyl adjacent to an activating group) is 1. The predicted octanol–water partition coefficient (Wildman–Crippen LogP) is 3.06. The third-order valence-corrected chi connectivity index (χ3v) is 5.06. The molecule has 0 radical (unpaired) electrons. The zero-order valence-corrected chi connectivity index (χ0v) is 19.7. The summed E-state index contributed by atoms with van der Waals surface area (Å²) in [7, 11) is 1.66. The van der Waals surface area contributed by atoms with Gasteiger partial charge < -0.3 is 27.9 Å². The molecule has 0 aliphatic heterocycles. The lowest BCUT2D eigenvalue weighted by atomic mass is 10.1. The molecule has 0 fully saturated rings. The quantitative estimate of drug-likeness (QED) is 0.107. The van der Waals surface area contributed by atoms with Crippen molar-refractivity contribution in [1.82, 2.24) is 0 Å². The van der Waals surface area contributed by atoms with Gasteiger partial charge in [-0.05, 0) is 26.2 Å². The first kappa shape index (κ1) is 28.2. The summed E-state index contributed by atoms with van der Waals surface area (Å²) in [5, 5.41) is 0. The van der Waals surface area contributed by atoms with Crippen molar-refractivity contribution < 1.29 is 37.3 Å². The minimum absolute atomic E-state index is 0.105. The number of quaternary nitrogens is 1. The van der Waals surface area contributed by atoms with E-state index in [0.29, 0.717) is 29.6 Å². The molecule has 2 unspecified atom stereocenters. The van der Waals surface area contributed by atoms with E-state index in [0.717, 1.165) is 32.1 Å². The molecule has 29 heavy (non-hydrogen) atoms. The number of hydrogen-bond acceptors (Lipinski definition) is 7. The first-order valence-corrected chi connectivity index (χ1v) is 11.8. The van der Waals surface area contributed by atoms with Crippen molar-refractivity contribution >= 4 is 13.8 Å². The first-order chi connectivity index (χ1) is 13.5. The van der Waals surface area contributed by atoms with Crippen LogP contribution in [0.3, 0.4) is 0 Å². The van der Waals surface area contributed by atoms with E-state index in [1.807, 2.05) is 21.1 Å². The molecular weight excluding hydrogens is 397 g/mol. The Labute approximate surface area is 176 Å². The molecule has 0 rings (SSSR count). The molecule has 0 aromatic rings. The monoisotopic (exact) mass is 437 g/mol. The molecule has 9 heteroatoms. The van der Waals surface area contributed by atoms with Crippen LogP contribution in [0.5, 0.6) is 0 Å². The smallest absolute Gasteiger partial charge is 0.333 e. The summed E-state index contributed by atoms with van der Waals surface area (Å²) in [5.74, 6) is -0.405. The van der Waals surface area contributed by atoms with Crippen molar-refractivity contribution in [3.05, 3.63) is 12.2 Å². The van der Waals surface area contributed by atoms with Crippen molar-refractivity contribution in [1.29, 1.82) is 0 Å². The van der Waals surface area contributed by atoms with Crippen molar-refractivity contribution in [2.75, 3.05) is 54.1 Å². The molecular formula is C20H40NO7P. The Bertz CT molecular complexity index is 519. The Kier molecular flexibility index (Phi) is 14.7. The summed E-state index contributed by atoms with van der Waals surface area (Å²) < 4.78 is 32.9. The van der Waals surface area contributed by atoms with E-state index in [1.54, 1.807) is 6.92 Å². The second-order valence-electron chi connectivity index (χ2n) is 8.17. The highest BCUT2D eigenvalue weighted by Gasteiger charge is 2.13. The van der Waals surface area contributed by atoms with Gasteiger partial charge in [0.25, 0.3) is 7.82 Å². The van der Waals surface area contributed by atoms with Gasteiger partial charge >= 0.3 is 5.97 Å². The summed E-state index contributed by atoms with van der Waals surface area (Å²) in [6.45, 7) is 8.63. The summed E-state index contributed by atoms with van der Waals surface area (Å²) in [5.41, 5.74) is 0.374. The van der Waals surface area contributed by atoms with Crippen LogP contribution in [0.2, 0.25) is 0 Å². The highest BCUT2D eigenvalue weighted by molar-refractivity contribution is 7.45. The number of ether oxygens (including phenoxy) is 2. The van der Waals surface area contributed by atoms with E-state index in [-0.39, 0.29) is 25.9 Å². The maximum atomic E-state index is 11.7. The molecule has 0 N–H and O–H groups in total. The number of carbonyl (C=O) groups excluding carboxylic acids is 1. The number of carbonyl (C=O) groups is 1. The molecule has 8 nitrogen and oxygen atoms in total. The maximum absolute atomic E-state index is 11.7. The van der Waals surface area contributed by atoms with Crippen LogP contribution in [0.25, 0.3) is 0 Å². The van der Waals surface area contributed by atoms with E-state index in [2.05, 4.69) is 13.5 Å². The molecule has 0 amide bonds. The Balaban J connectivity index is 3.88. The molecule has 0 bridgehead atoms. The largest absolute Gasteiger partial charge is 0.756 e. The number of hydrogen-bond donors (Lipinski definition) is 0. The third-order valence-electron chi connectivity index (χ3n) is 4.06. The minimum atomic E-state index is -4.22. The maximum Gasteiger partial charge on any atom is 0.333 e. The SMILES string of the molecule is C=C(C)C(=O)OCCOC(CCC)CCCCCOP(=O)([O-])OCC[N+](C)(C)C. The van der Waals surface area contributed by atoms with Crippen LogP contribution in [0.15, 0.2) is 12.2 Å². The Morgan fingerprint density at radius 1 is 1.03 bits per heavy atom. The Morgan fingerprint density at radius 3 is 2.28 bits per heavy atom. The van der Waals surface area contributed by atoms with Gasteiger partial charge in [-0.15, -0.1) is 0 Å². The lowest BCUT2D eigenvalue weighted by molar-refractivity contribution is -0.870. The van der Waals surface area contributed by atoms with E-state index in [9.17, 15) is 14.3 Å². The summed E-state index contributed by atoms with van der Waals surface area (Å²) in [6.07, 6.45) is 5.30. The van der Waals surface area contributed by atoms with E-state index in [1.165, 1.54) is 0 Å². The van der Waals surface area contributed by atoms with Crippen LogP contribution in [0, 0.1) is 0 Å². The fraction of sp³-hybridized carbons (Fsp3) is 0.850. The van der Waals surface area contributed by atoms with Crippen LogP contribution in [0.1, 0.15) is 52.4 Å². The number of phosphoric ester groups is 1. The van der Waals surface area contributed by atoms with Crippen molar-refractivity contribution in [3.63, 3.8) is 0 Å². The van der Waals surface area contributed by atoms with Gasteiger partial charge in [-0.25, -0.2) is 4.79 Å². The summed E-state index contributed by atoms with van der Waals surface area (Å²) in [6, 6.07) is 0. The van der Waals surface area contributed by atoms with Gasteiger partial charge in [0.05, 0.1) is 40.5 Å². The fourth-order valence-electron chi connectivity index (χ4n) is 2.40. The summed E-state index contributed by atoms with van der Waals surface area (Å²) >= 11 is 0. The molecule has 2 atom stereocenters. The Hall–Kier alpha value is -0.760. The number of unbranched alkanes of at least 4 members (excludes halogenated alkanes) is 2. The highest BCUT2D eigenvalue weighted by atomic mass is 31.2. The molecule has 0 aromatic heterocycles. The van der Waals surface area contributed by atoms with Crippen LogP contribution in [0.4, 0.5) is 0 Å². The van der Waals surface area contributed by atoms with Crippen LogP contribution >= 0.6 is 7.82 Å². The van der Waals surface area contributed by atoms with Crippen LogP contribution < -0.4 is 4.89 Å². The fourth-order valence-corrected chi connectivity index (χ4v) is 3.13. The molecule has 0 saturated carbocycles. The number of nitrogens with zero attached hydrogens (tertiary/aromatic N) is 1. The molecule has 0 aromatic carbocycles. The van der Waals surface area contributed by atoms with Gasteiger partial charge in [0.15, 0.2) is 0 Å². The zero-order chi connectivity index (χ0) is 22.3. The third kappa shape index (κ3) is 17.8. The minimum Gasteiger partial charge on any atom is -0.756 e.